The highest BCUT2D eigenvalue weighted by molar-refractivity contribution is 5.88. The number of hydrogen-bond acceptors (Lipinski definition) is 5. The van der Waals surface area contributed by atoms with Crippen molar-refractivity contribution in [2.75, 3.05) is 19.8 Å². The third kappa shape index (κ3) is 4.37. The van der Waals surface area contributed by atoms with Gasteiger partial charge in [-0.05, 0) is 18.3 Å². The second-order valence-corrected chi connectivity index (χ2v) is 5.72. The molecular weight excluding hydrogens is 274 g/mol. The Bertz CT molecular complexity index is 420. The maximum atomic E-state index is 11.9. The second-order valence-electron chi connectivity index (χ2n) is 5.72. The highest BCUT2D eigenvalue weighted by Gasteiger charge is 2.28. The van der Waals surface area contributed by atoms with E-state index in [-0.39, 0.29) is 24.3 Å². The Balaban J connectivity index is 1.74. The lowest BCUT2D eigenvalue weighted by atomic mass is 9.78. The summed E-state index contributed by atoms with van der Waals surface area (Å²) in [7, 11) is 0. The molecule has 2 rings (SSSR count). The fraction of sp³-hybridized carbons (Fsp3) is 0.733. The zero-order chi connectivity index (χ0) is 15.2. The van der Waals surface area contributed by atoms with Crippen molar-refractivity contribution in [2.24, 2.45) is 11.8 Å². The lowest BCUT2D eigenvalue weighted by Gasteiger charge is -2.34. The lowest BCUT2D eigenvalue weighted by Crippen LogP contribution is -2.45. The number of hydrogen-bond donors (Lipinski definition) is 1. The van der Waals surface area contributed by atoms with Crippen molar-refractivity contribution in [3.8, 4) is 0 Å². The molecule has 1 amide bonds. The highest BCUT2D eigenvalue weighted by atomic mass is 16.6. The maximum Gasteiger partial charge on any atom is 0.377 e. The van der Waals surface area contributed by atoms with Gasteiger partial charge in [-0.1, -0.05) is 26.7 Å². The van der Waals surface area contributed by atoms with Crippen LogP contribution in [0.2, 0.25) is 0 Å². The van der Waals surface area contributed by atoms with Gasteiger partial charge in [-0.15, -0.1) is 0 Å². The highest BCUT2D eigenvalue weighted by Crippen LogP contribution is 2.29. The molecule has 0 aromatic heterocycles. The van der Waals surface area contributed by atoms with Crippen molar-refractivity contribution >= 4 is 11.9 Å². The Kier molecular flexibility index (Phi) is 5.47. The molecule has 1 aliphatic heterocycles. The number of nitrogens with one attached hydrogen (secondary N) is 1. The van der Waals surface area contributed by atoms with Crippen molar-refractivity contribution in [3.63, 3.8) is 0 Å². The SMILES string of the molecule is C[C@H]1[C@H](C)CCC[C@@H]1NC(=O)COC(=O)C1=COCCO1. The quantitative estimate of drug-likeness (QED) is 0.793. The van der Waals surface area contributed by atoms with Crippen LogP contribution in [0, 0.1) is 11.8 Å². The van der Waals surface area contributed by atoms with Crippen LogP contribution in [0.15, 0.2) is 12.0 Å². The number of rotatable bonds is 4. The van der Waals surface area contributed by atoms with Gasteiger partial charge < -0.3 is 19.5 Å². The van der Waals surface area contributed by atoms with Crippen molar-refractivity contribution in [3.05, 3.63) is 12.0 Å². The number of ether oxygens (including phenoxy) is 3. The smallest absolute Gasteiger partial charge is 0.377 e. The molecule has 0 radical (unpaired) electrons. The molecule has 2 aliphatic rings. The second kappa shape index (κ2) is 7.33. The first-order chi connectivity index (χ1) is 10.1. The van der Waals surface area contributed by atoms with Gasteiger partial charge in [-0.2, -0.15) is 0 Å². The molecular formula is C15H23NO5. The van der Waals surface area contributed by atoms with Gasteiger partial charge in [0.05, 0.1) is 0 Å². The number of amides is 1. The van der Waals surface area contributed by atoms with E-state index in [1.165, 1.54) is 12.7 Å². The molecule has 21 heavy (non-hydrogen) atoms. The van der Waals surface area contributed by atoms with Gasteiger partial charge in [0.15, 0.2) is 6.61 Å². The van der Waals surface area contributed by atoms with E-state index in [2.05, 4.69) is 19.2 Å². The van der Waals surface area contributed by atoms with Crippen LogP contribution in [0.4, 0.5) is 0 Å². The molecule has 1 saturated carbocycles. The molecule has 3 atom stereocenters. The van der Waals surface area contributed by atoms with Gasteiger partial charge >= 0.3 is 5.97 Å². The molecule has 6 heteroatoms. The van der Waals surface area contributed by atoms with Crippen LogP contribution < -0.4 is 5.32 Å². The number of esters is 1. The summed E-state index contributed by atoms with van der Waals surface area (Å²) in [6.07, 6.45) is 4.52. The summed E-state index contributed by atoms with van der Waals surface area (Å²) in [6, 6.07) is 0.161. The van der Waals surface area contributed by atoms with Gasteiger partial charge in [-0.25, -0.2) is 4.79 Å². The Labute approximate surface area is 124 Å². The molecule has 0 bridgehead atoms. The van der Waals surface area contributed by atoms with Gasteiger partial charge in [0.1, 0.15) is 19.5 Å². The van der Waals surface area contributed by atoms with Gasteiger partial charge in [0, 0.05) is 6.04 Å². The van der Waals surface area contributed by atoms with E-state index in [4.69, 9.17) is 14.2 Å². The average Bonchev–Trinajstić information content (AvgIpc) is 2.50. The summed E-state index contributed by atoms with van der Waals surface area (Å²) < 4.78 is 15.0. The minimum atomic E-state index is -0.671. The van der Waals surface area contributed by atoms with E-state index < -0.39 is 5.97 Å². The van der Waals surface area contributed by atoms with E-state index in [9.17, 15) is 9.59 Å². The van der Waals surface area contributed by atoms with Gasteiger partial charge in [-0.3, -0.25) is 4.79 Å². The minimum Gasteiger partial charge on any atom is -0.493 e. The topological polar surface area (TPSA) is 73.9 Å². The molecule has 6 nitrogen and oxygen atoms in total. The summed E-state index contributed by atoms with van der Waals surface area (Å²) in [5.41, 5.74) is 0. The molecule has 1 N–H and O–H groups in total. The predicted octanol–water partition coefficient (Wildman–Crippen LogP) is 1.36. The summed E-state index contributed by atoms with van der Waals surface area (Å²) in [5, 5.41) is 2.95. The van der Waals surface area contributed by atoms with Gasteiger partial charge in [0.2, 0.25) is 5.76 Å². The van der Waals surface area contributed by atoms with Crippen molar-refractivity contribution in [1.82, 2.24) is 5.32 Å². The first-order valence-electron chi connectivity index (χ1n) is 7.49. The van der Waals surface area contributed by atoms with Crippen LogP contribution >= 0.6 is 0 Å². The number of carbonyl (C=O) groups excluding carboxylic acids is 2. The third-order valence-electron chi connectivity index (χ3n) is 4.24. The normalized spacial score (nSPS) is 28.7. The van der Waals surface area contributed by atoms with Crippen molar-refractivity contribution in [1.29, 1.82) is 0 Å². The van der Waals surface area contributed by atoms with Crippen LogP contribution in [-0.4, -0.2) is 37.7 Å². The molecule has 0 aromatic rings. The summed E-state index contributed by atoms with van der Waals surface area (Å²) >= 11 is 0. The van der Waals surface area contributed by atoms with Crippen molar-refractivity contribution in [2.45, 2.75) is 39.2 Å². The van der Waals surface area contributed by atoms with E-state index >= 15 is 0 Å². The zero-order valence-electron chi connectivity index (χ0n) is 12.6. The summed E-state index contributed by atoms with van der Waals surface area (Å²) in [6.45, 7) is 4.78. The van der Waals surface area contributed by atoms with Crippen LogP contribution in [0.3, 0.4) is 0 Å². The standard InChI is InChI=1S/C15H23NO5/c1-10-4-3-5-12(11(10)2)16-14(17)9-21-15(18)13-8-19-6-7-20-13/h8,10-12H,3-7,9H2,1-2H3,(H,16,17)/t10-,11+,12+/m1/s1. The molecule has 118 valence electrons. The largest absolute Gasteiger partial charge is 0.493 e. The minimum absolute atomic E-state index is 0.00806. The van der Waals surface area contributed by atoms with E-state index in [1.54, 1.807) is 0 Å². The molecule has 0 unspecified atom stereocenters. The fourth-order valence-electron chi connectivity index (χ4n) is 2.71. The molecule has 0 aromatic carbocycles. The maximum absolute atomic E-state index is 11.9. The first-order valence-corrected chi connectivity index (χ1v) is 7.49. The molecule has 1 fully saturated rings. The molecule has 0 spiro atoms. The van der Waals surface area contributed by atoms with Crippen LogP contribution in [0.5, 0.6) is 0 Å². The van der Waals surface area contributed by atoms with Gasteiger partial charge in [0.25, 0.3) is 5.91 Å². The van der Waals surface area contributed by atoms with Crippen LogP contribution in [0.25, 0.3) is 0 Å². The van der Waals surface area contributed by atoms with Crippen LogP contribution in [0.1, 0.15) is 33.1 Å². The Morgan fingerprint density at radius 1 is 1.33 bits per heavy atom. The van der Waals surface area contributed by atoms with Crippen LogP contribution in [-0.2, 0) is 23.8 Å². The lowest BCUT2D eigenvalue weighted by molar-refractivity contribution is -0.149. The Morgan fingerprint density at radius 2 is 2.14 bits per heavy atom. The summed E-state index contributed by atoms with van der Waals surface area (Å²) in [4.78, 5) is 23.5. The van der Waals surface area contributed by atoms with E-state index in [0.29, 0.717) is 25.0 Å². The van der Waals surface area contributed by atoms with E-state index in [0.717, 1.165) is 12.8 Å². The average molecular weight is 297 g/mol. The fourth-order valence-corrected chi connectivity index (χ4v) is 2.71. The van der Waals surface area contributed by atoms with E-state index in [1.807, 2.05) is 0 Å². The Hall–Kier alpha value is -1.72. The molecule has 0 saturated heterocycles. The first kappa shape index (κ1) is 15.7. The summed E-state index contributed by atoms with van der Waals surface area (Å²) in [5.74, 6) is 0.107. The molecule has 1 aliphatic carbocycles. The zero-order valence-corrected chi connectivity index (χ0v) is 12.6. The predicted molar refractivity (Wildman–Crippen MR) is 75.1 cm³/mol. The Morgan fingerprint density at radius 3 is 2.86 bits per heavy atom. The molecule has 1 heterocycles. The number of carbonyl (C=O) groups is 2. The van der Waals surface area contributed by atoms with Crippen molar-refractivity contribution < 1.29 is 23.8 Å². The monoisotopic (exact) mass is 297 g/mol. The third-order valence-corrected chi connectivity index (χ3v) is 4.24.